The standard InChI is InChI=1S/C23H33F3N4O/c1-22(2,3)18-13-19(23(24,25)26)30-20(27-18)12-17(28-30)16-10-7-11-29(14-16)21(31)15-8-5-4-6-9-15/h4-5,12,15-16,18-19,27H,6-11,13-14H2,1-3H3/t15-,16-,18-,19+/m0/s1. The van der Waals surface area contributed by atoms with Crippen LogP contribution >= 0.6 is 0 Å². The molecule has 5 nitrogen and oxygen atoms in total. The highest BCUT2D eigenvalue weighted by atomic mass is 19.4. The Morgan fingerprint density at radius 2 is 1.97 bits per heavy atom. The van der Waals surface area contributed by atoms with Crippen LogP contribution in [-0.2, 0) is 4.79 Å². The smallest absolute Gasteiger partial charge is 0.367 e. The molecular weight excluding hydrogens is 405 g/mol. The second kappa shape index (κ2) is 8.17. The number of likely N-dealkylation sites (tertiary alicyclic amines) is 1. The molecular formula is C23H33F3N4O. The number of hydrogen-bond acceptors (Lipinski definition) is 3. The first kappa shape index (κ1) is 22.2. The summed E-state index contributed by atoms with van der Waals surface area (Å²) in [7, 11) is 0. The van der Waals surface area contributed by atoms with Gasteiger partial charge in [0.1, 0.15) is 5.82 Å². The Morgan fingerprint density at radius 3 is 2.61 bits per heavy atom. The van der Waals surface area contributed by atoms with E-state index in [-0.39, 0.29) is 35.6 Å². The van der Waals surface area contributed by atoms with Gasteiger partial charge >= 0.3 is 6.18 Å². The van der Waals surface area contributed by atoms with Crippen molar-refractivity contribution in [2.75, 3.05) is 18.4 Å². The molecule has 0 unspecified atom stereocenters. The summed E-state index contributed by atoms with van der Waals surface area (Å²) >= 11 is 0. The van der Waals surface area contributed by atoms with Crippen molar-refractivity contribution in [3.63, 3.8) is 0 Å². The lowest BCUT2D eigenvalue weighted by atomic mass is 9.82. The normalized spacial score (nSPS) is 29.4. The highest BCUT2D eigenvalue weighted by Gasteiger charge is 2.48. The summed E-state index contributed by atoms with van der Waals surface area (Å²) in [5.74, 6) is 0.614. The fourth-order valence-electron chi connectivity index (χ4n) is 5.06. The maximum Gasteiger partial charge on any atom is 0.410 e. The van der Waals surface area contributed by atoms with Crippen molar-refractivity contribution in [2.24, 2.45) is 11.3 Å². The fourth-order valence-corrected chi connectivity index (χ4v) is 5.06. The molecule has 31 heavy (non-hydrogen) atoms. The van der Waals surface area contributed by atoms with Crippen LogP contribution in [0.4, 0.5) is 19.0 Å². The van der Waals surface area contributed by atoms with Gasteiger partial charge in [-0.1, -0.05) is 32.9 Å². The Morgan fingerprint density at radius 1 is 1.19 bits per heavy atom. The number of amides is 1. The van der Waals surface area contributed by atoms with Gasteiger partial charge in [0, 0.05) is 37.0 Å². The first-order chi connectivity index (χ1) is 14.5. The maximum atomic E-state index is 13.9. The van der Waals surface area contributed by atoms with Gasteiger partial charge in [0.05, 0.1) is 5.69 Å². The van der Waals surface area contributed by atoms with Gasteiger partial charge in [0.15, 0.2) is 6.04 Å². The number of allylic oxidation sites excluding steroid dienone is 2. The number of nitrogens with one attached hydrogen (secondary N) is 1. The zero-order chi connectivity index (χ0) is 22.4. The van der Waals surface area contributed by atoms with Crippen LogP contribution in [-0.4, -0.2) is 45.9 Å². The van der Waals surface area contributed by atoms with Gasteiger partial charge in [-0.3, -0.25) is 4.79 Å². The molecule has 0 bridgehead atoms. The monoisotopic (exact) mass is 438 g/mol. The maximum absolute atomic E-state index is 13.9. The molecule has 3 heterocycles. The highest BCUT2D eigenvalue weighted by Crippen LogP contribution is 2.44. The Hall–Kier alpha value is -1.99. The van der Waals surface area contributed by atoms with Crippen LogP contribution in [0.5, 0.6) is 0 Å². The number of carbonyl (C=O) groups is 1. The Balaban J connectivity index is 1.55. The lowest BCUT2D eigenvalue weighted by molar-refractivity contribution is -0.175. The van der Waals surface area contributed by atoms with Crippen molar-refractivity contribution < 1.29 is 18.0 Å². The Kier molecular flexibility index (Phi) is 5.85. The van der Waals surface area contributed by atoms with Gasteiger partial charge in [-0.25, -0.2) is 4.68 Å². The number of halogens is 3. The van der Waals surface area contributed by atoms with Crippen LogP contribution < -0.4 is 5.32 Å². The van der Waals surface area contributed by atoms with Crippen molar-refractivity contribution >= 4 is 11.7 Å². The minimum atomic E-state index is -4.35. The van der Waals surface area contributed by atoms with Crippen LogP contribution in [0.3, 0.4) is 0 Å². The summed E-state index contributed by atoms with van der Waals surface area (Å²) in [6.07, 6.45) is 4.08. The molecule has 3 aliphatic rings. The Labute approximate surface area is 182 Å². The summed E-state index contributed by atoms with van der Waals surface area (Å²) in [6, 6.07) is -0.143. The quantitative estimate of drug-likeness (QED) is 0.639. The number of carbonyl (C=O) groups excluding carboxylic acids is 1. The average Bonchev–Trinajstić information content (AvgIpc) is 3.16. The molecule has 1 saturated heterocycles. The van der Waals surface area contributed by atoms with E-state index < -0.39 is 12.2 Å². The minimum Gasteiger partial charge on any atom is -0.367 e. The molecule has 1 amide bonds. The van der Waals surface area contributed by atoms with Crippen molar-refractivity contribution in [1.82, 2.24) is 14.7 Å². The van der Waals surface area contributed by atoms with E-state index in [1.165, 1.54) is 0 Å². The minimum absolute atomic E-state index is 0.0290. The van der Waals surface area contributed by atoms with Gasteiger partial charge in [0.2, 0.25) is 5.91 Å². The molecule has 1 fully saturated rings. The summed E-state index contributed by atoms with van der Waals surface area (Å²) in [6.45, 7) is 7.12. The third-order valence-electron chi connectivity index (χ3n) is 7.02. The number of nitrogens with zero attached hydrogens (tertiary/aromatic N) is 3. The highest BCUT2D eigenvalue weighted by molar-refractivity contribution is 5.79. The Bertz CT molecular complexity index is 839. The van der Waals surface area contributed by atoms with Crippen LogP contribution in [0.2, 0.25) is 0 Å². The summed E-state index contributed by atoms with van der Waals surface area (Å²) in [5.41, 5.74) is 0.356. The molecule has 0 aromatic carbocycles. The molecule has 1 N–H and O–H groups in total. The summed E-state index contributed by atoms with van der Waals surface area (Å²) < 4.78 is 42.7. The number of rotatable bonds is 2. The molecule has 0 radical (unpaired) electrons. The number of hydrogen-bond donors (Lipinski definition) is 1. The fraction of sp³-hybridized carbons (Fsp3) is 0.739. The van der Waals surface area contributed by atoms with Gasteiger partial charge in [-0.05, 0) is 43.9 Å². The van der Waals surface area contributed by atoms with Crippen molar-refractivity contribution in [2.45, 2.75) is 83.5 Å². The van der Waals surface area contributed by atoms with E-state index in [2.05, 4.69) is 22.6 Å². The number of fused-ring (bicyclic) bond motifs is 1. The summed E-state index contributed by atoms with van der Waals surface area (Å²) in [5, 5.41) is 7.73. The molecule has 8 heteroatoms. The molecule has 2 aliphatic heterocycles. The second-order valence-corrected chi connectivity index (χ2v) is 10.4. The lowest BCUT2D eigenvalue weighted by Crippen LogP contribution is -2.45. The molecule has 1 aromatic heterocycles. The number of aromatic nitrogens is 2. The number of anilines is 1. The van der Waals surface area contributed by atoms with E-state index >= 15 is 0 Å². The molecule has 4 rings (SSSR count). The number of alkyl halides is 3. The topological polar surface area (TPSA) is 50.2 Å². The van der Waals surface area contributed by atoms with Crippen molar-refractivity contribution in [3.8, 4) is 0 Å². The molecule has 1 aliphatic carbocycles. The van der Waals surface area contributed by atoms with Gasteiger partial charge < -0.3 is 10.2 Å². The van der Waals surface area contributed by atoms with Crippen molar-refractivity contribution in [1.29, 1.82) is 0 Å². The van der Waals surface area contributed by atoms with E-state index in [9.17, 15) is 18.0 Å². The van der Waals surface area contributed by atoms with E-state index in [1.54, 1.807) is 6.07 Å². The van der Waals surface area contributed by atoms with Crippen LogP contribution in [0.15, 0.2) is 18.2 Å². The van der Waals surface area contributed by atoms with Crippen LogP contribution in [0, 0.1) is 11.3 Å². The zero-order valence-electron chi connectivity index (χ0n) is 18.6. The van der Waals surface area contributed by atoms with Gasteiger partial charge in [0.25, 0.3) is 0 Å². The lowest BCUT2D eigenvalue weighted by Gasteiger charge is -2.39. The first-order valence-corrected chi connectivity index (χ1v) is 11.4. The molecule has 1 aromatic rings. The van der Waals surface area contributed by atoms with E-state index in [1.807, 2.05) is 25.7 Å². The third-order valence-corrected chi connectivity index (χ3v) is 7.02. The zero-order valence-corrected chi connectivity index (χ0v) is 18.6. The van der Waals surface area contributed by atoms with E-state index in [0.717, 1.165) is 43.3 Å². The third kappa shape index (κ3) is 4.62. The molecule has 172 valence electrons. The van der Waals surface area contributed by atoms with Crippen LogP contribution in [0.25, 0.3) is 0 Å². The predicted octanol–water partition coefficient (Wildman–Crippen LogP) is 5.28. The average molecular weight is 439 g/mol. The van der Waals surface area contributed by atoms with Crippen LogP contribution in [0.1, 0.15) is 76.9 Å². The summed E-state index contributed by atoms with van der Waals surface area (Å²) in [4.78, 5) is 14.9. The molecule has 4 atom stereocenters. The van der Waals surface area contributed by atoms with Gasteiger partial charge in [-0.15, -0.1) is 0 Å². The molecule has 0 saturated carbocycles. The largest absolute Gasteiger partial charge is 0.410 e. The van der Waals surface area contributed by atoms with E-state index in [0.29, 0.717) is 18.1 Å². The number of piperidine rings is 1. The van der Waals surface area contributed by atoms with Crippen molar-refractivity contribution in [3.05, 3.63) is 23.9 Å². The SMILES string of the molecule is CC(C)(C)[C@@H]1C[C@H](C(F)(F)F)n2nc([C@H]3CCCN(C(=O)[C@H]4CC=CCC4)C3)cc2N1. The van der Waals surface area contributed by atoms with Gasteiger partial charge in [-0.2, -0.15) is 18.3 Å². The first-order valence-electron chi connectivity index (χ1n) is 11.4. The second-order valence-electron chi connectivity index (χ2n) is 10.4. The predicted molar refractivity (Wildman–Crippen MR) is 114 cm³/mol. The molecule has 0 spiro atoms. The van der Waals surface area contributed by atoms with E-state index in [4.69, 9.17) is 0 Å².